The Bertz CT molecular complexity index is 144. The van der Waals surface area contributed by atoms with E-state index in [4.69, 9.17) is 0 Å². The highest BCUT2D eigenvalue weighted by Gasteiger charge is 2.18. The van der Waals surface area contributed by atoms with Crippen LogP contribution in [0.5, 0.6) is 0 Å². The average molecular weight is 406 g/mol. The van der Waals surface area contributed by atoms with Gasteiger partial charge in [-0.05, 0) is 41.6 Å². The highest BCUT2D eigenvalue weighted by atomic mass is 127. The molecule has 1 atom stereocenters. The van der Waals surface area contributed by atoms with Crippen molar-refractivity contribution < 1.29 is 28.5 Å². The van der Waals surface area contributed by atoms with Gasteiger partial charge in [-0.1, -0.05) is 33.1 Å². The van der Waals surface area contributed by atoms with Gasteiger partial charge >= 0.3 is 0 Å². The van der Waals surface area contributed by atoms with Gasteiger partial charge in [0.2, 0.25) is 0 Å². The molecule has 0 aromatic rings. The molecule has 0 spiro atoms. The molecule has 0 saturated carbocycles. The van der Waals surface area contributed by atoms with Gasteiger partial charge in [0.15, 0.2) is 0 Å². The summed E-state index contributed by atoms with van der Waals surface area (Å²) in [5.41, 5.74) is 1.11. The van der Waals surface area contributed by atoms with E-state index in [9.17, 15) is 0 Å². The first-order valence-corrected chi connectivity index (χ1v) is 7.70. The monoisotopic (exact) mass is 405 g/mol. The molecule has 1 nitrogen and oxygen atoms in total. The highest BCUT2D eigenvalue weighted by molar-refractivity contribution is 9.09. The number of halogens is 2. The van der Waals surface area contributed by atoms with Crippen LogP contribution in [0.2, 0.25) is 0 Å². The smallest absolute Gasteiger partial charge is 0.134 e. The molecule has 0 aromatic carbocycles. The first kappa shape index (κ1) is 19.5. The molecule has 0 aliphatic heterocycles. The molecule has 0 rings (SSSR count). The van der Waals surface area contributed by atoms with Gasteiger partial charge in [0.1, 0.15) is 5.45 Å². The molecule has 16 heavy (non-hydrogen) atoms. The van der Waals surface area contributed by atoms with Crippen LogP contribution in [-0.2, 0) is 0 Å². The summed E-state index contributed by atoms with van der Waals surface area (Å²) in [6.45, 7) is 7.24. The lowest BCUT2D eigenvalue weighted by Gasteiger charge is -2.32. The van der Waals surface area contributed by atoms with Crippen LogP contribution < -0.4 is 24.0 Å². The molecule has 100 valence electrons. The van der Waals surface area contributed by atoms with Crippen molar-refractivity contribution in [2.45, 2.75) is 58.8 Å². The molecule has 0 aliphatic rings. The molecular formula is C13H29BrIN. The Labute approximate surface area is 128 Å². The van der Waals surface area contributed by atoms with Crippen LogP contribution in [0.1, 0.15) is 58.8 Å². The Morgan fingerprint density at radius 2 is 1.25 bits per heavy atom. The maximum Gasteiger partial charge on any atom is 0.134 e. The molecule has 0 amide bonds. The minimum atomic E-state index is 0. The van der Waals surface area contributed by atoms with E-state index in [0.717, 1.165) is 5.45 Å². The normalized spacial score (nSPS) is 14.2. The summed E-state index contributed by atoms with van der Waals surface area (Å²) in [5.74, 6) is 0. The quantitative estimate of drug-likeness (QED) is 0.170. The molecule has 0 fully saturated rings. The number of nitrogens with zero attached hydrogens (tertiary/aromatic N) is 1. The lowest BCUT2D eigenvalue weighted by Crippen LogP contribution is -3.00. The van der Waals surface area contributed by atoms with Crippen molar-refractivity contribution in [1.82, 2.24) is 0 Å². The first-order valence-electron chi connectivity index (χ1n) is 6.58. The summed E-state index contributed by atoms with van der Waals surface area (Å²) in [7, 11) is 2.39. The number of unbranched alkanes of at least 4 members (excludes halogenated alkanes) is 5. The van der Waals surface area contributed by atoms with Crippen molar-refractivity contribution >= 4 is 15.9 Å². The minimum Gasteiger partial charge on any atom is -1.00 e. The highest BCUT2D eigenvalue weighted by Crippen LogP contribution is 2.12. The molecule has 0 saturated heterocycles. The SMILES string of the molecule is CCCCCC[N+](C)(CBr)CCCCC.[I-]. The Balaban J connectivity index is 0. The van der Waals surface area contributed by atoms with E-state index in [1.165, 1.54) is 62.5 Å². The zero-order chi connectivity index (χ0) is 11.6. The lowest BCUT2D eigenvalue weighted by molar-refractivity contribution is -0.896. The second-order valence-electron chi connectivity index (χ2n) is 4.95. The summed E-state index contributed by atoms with van der Waals surface area (Å²) in [5, 5.41) is 0. The van der Waals surface area contributed by atoms with Crippen LogP contribution in [0.25, 0.3) is 0 Å². The van der Waals surface area contributed by atoms with E-state index in [1.807, 2.05) is 0 Å². The fourth-order valence-corrected chi connectivity index (χ4v) is 2.40. The van der Waals surface area contributed by atoms with Crippen LogP contribution >= 0.6 is 15.9 Å². The summed E-state index contributed by atoms with van der Waals surface area (Å²) in [4.78, 5) is 0. The molecule has 0 bridgehead atoms. The van der Waals surface area contributed by atoms with E-state index in [1.54, 1.807) is 0 Å². The van der Waals surface area contributed by atoms with Gasteiger partial charge in [-0.3, -0.25) is 0 Å². The maximum absolute atomic E-state index is 3.67. The minimum absolute atomic E-state index is 0. The molecular weight excluding hydrogens is 377 g/mol. The number of hydrogen-bond acceptors (Lipinski definition) is 0. The van der Waals surface area contributed by atoms with Crippen molar-refractivity contribution in [2.24, 2.45) is 0 Å². The van der Waals surface area contributed by atoms with E-state index in [2.05, 4.69) is 36.8 Å². The summed E-state index contributed by atoms with van der Waals surface area (Å²) >= 11 is 3.67. The van der Waals surface area contributed by atoms with Gasteiger partial charge in [0.25, 0.3) is 0 Å². The summed E-state index contributed by atoms with van der Waals surface area (Å²) in [6, 6.07) is 0. The molecule has 0 aromatic heterocycles. The van der Waals surface area contributed by atoms with Gasteiger partial charge in [-0.15, -0.1) is 0 Å². The third kappa shape index (κ3) is 10.3. The van der Waals surface area contributed by atoms with Crippen molar-refractivity contribution in [2.75, 3.05) is 25.6 Å². The Hall–Kier alpha value is 1.17. The first-order chi connectivity index (χ1) is 7.18. The topological polar surface area (TPSA) is 0 Å². The maximum atomic E-state index is 3.67. The fourth-order valence-electron chi connectivity index (χ4n) is 1.90. The third-order valence-corrected chi connectivity index (χ3v) is 4.35. The second-order valence-corrected chi connectivity index (χ2v) is 5.46. The van der Waals surface area contributed by atoms with Gasteiger partial charge in [-0.25, -0.2) is 0 Å². The Kier molecular flexibility index (Phi) is 15.4. The van der Waals surface area contributed by atoms with Crippen LogP contribution in [0, 0.1) is 0 Å². The lowest BCUT2D eigenvalue weighted by atomic mass is 10.1. The van der Waals surface area contributed by atoms with Gasteiger partial charge < -0.3 is 28.5 Å². The third-order valence-electron chi connectivity index (χ3n) is 3.14. The van der Waals surface area contributed by atoms with Crippen LogP contribution in [0.4, 0.5) is 0 Å². The fraction of sp³-hybridized carbons (Fsp3) is 1.00. The van der Waals surface area contributed by atoms with Crippen LogP contribution in [0.15, 0.2) is 0 Å². The van der Waals surface area contributed by atoms with Crippen molar-refractivity contribution in [3.8, 4) is 0 Å². The molecule has 1 unspecified atom stereocenters. The predicted octanol–water partition coefficient (Wildman–Crippen LogP) is 1.56. The standard InChI is InChI=1S/C13H29BrN.HI/c1-4-6-8-10-12-15(3,13-14)11-9-7-5-2;/h4-13H2,1-3H3;1H/q+1;/p-1. The van der Waals surface area contributed by atoms with E-state index < -0.39 is 0 Å². The van der Waals surface area contributed by atoms with E-state index in [-0.39, 0.29) is 24.0 Å². The number of rotatable bonds is 10. The molecule has 0 N–H and O–H groups in total. The molecule has 0 radical (unpaired) electrons. The largest absolute Gasteiger partial charge is 1.00 e. The zero-order valence-electron chi connectivity index (χ0n) is 11.3. The number of hydrogen-bond donors (Lipinski definition) is 0. The van der Waals surface area contributed by atoms with Gasteiger partial charge in [-0.2, -0.15) is 0 Å². The van der Waals surface area contributed by atoms with Crippen molar-refractivity contribution in [1.29, 1.82) is 0 Å². The second kappa shape index (κ2) is 12.6. The van der Waals surface area contributed by atoms with Crippen molar-refractivity contribution in [3.63, 3.8) is 0 Å². The van der Waals surface area contributed by atoms with Gasteiger partial charge in [0.05, 0.1) is 20.1 Å². The Morgan fingerprint density at radius 3 is 1.69 bits per heavy atom. The molecule has 0 aliphatic carbocycles. The summed E-state index contributed by atoms with van der Waals surface area (Å²) in [6.07, 6.45) is 9.64. The number of quaternary nitrogens is 1. The van der Waals surface area contributed by atoms with Crippen LogP contribution in [0.3, 0.4) is 0 Å². The molecule has 3 heteroatoms. The summed E-state index contributed by atoms with van der Waals surface area (Å²) < 4.78 is 1.21. The van der Waals surface area contributed by atoms with Crippen LogP contribution in [-0.4, -0.2) is 30.1 Å². The Morgan fingerprint density at radius 1 is 0.812 bits per heavy atom. The zero-order valence-corrected chi connectivity index (χ0v) is 15.0. The molecule has 0 heterocycles. The number of alkyl halides is 1. The van der Waals surface area contributed by atoms with Crippen molar-refractivity contribution in [3.05, 3.63) is 0 Å². The van der Waals surface area contributed by atoms with E-state index in [0.29, 0.717) is 0 Å². The average Bonchev–Trinajstić information content (AvgIpc) is 2.25. The van der Waals surface area contributed by atoms with E-state index >= 15 is 0 Å². The van der Waals surface area contributed by atoms with Gasteiger partial charge in [0, 0.05) is 0 Å². The predicted molar refractivity (Wildman–Crippen MR) is 73.4 cm³/mol.